The summed E-state index contributed by atoms with van der Waals surface area (Å²) in [6.07, 6.45) is 10.6. The summed E-state index contributed by atoms with van der Waals surface area (Å²) in [5.74, 6) is 0. The van der Waals surface area contributed by atoms with Crippen molar-refractivity contribution in [2.45, 2.75) is 24.8 Å². The number of rotatable bonds is 6. The fourth-order valence-electron chi connectivity index (χ4n) is 1.69. The van der Waals surface area contributed by atoms with Crippen molar-refractivity contribution < 1.29 is 0 Å². The minimum Gasteiger partial charge on any atom is -0.325 e. The first-order valence-corrected chi connectivity index (χ1v) is 4.84. The summed E-state index contributed by atoms with van der Waals surface area (Å²) in [5, 5.41) is 0. The highest BCUT2D eigenvalue weighted by atomic mass is 15.4. The zero-order chi connectivity index (χ0) is 10.4. The molecule has 0 aromatic rings. The number of allylic oxidation sites excluding steroid dienone is 1. The highest BCUT2D eigenvalue weighted by molar-refractivity contribution is 5.22. The van der Waals surface area contributed by atoms with Crippen LogP contribution in [0.4, 0.5) is 0 Å². The van der Waals surface area contributed by atoms with Crippen LogP contribution >= 0.6 is 0 Å². The summed E-state index contributed by atoms with van der Waals surface area (Å²) >= 11 is 0. The molecule has 0 atom stereocenters. The topological polar surface area (TPSA) is 24.1 Å². The van der Waals surface area contributed by atoms with Gasteiger partial charge in [0, 0.05) is 12.1 Å². The monoisotopic (exact) mass is 190 g/mol. The molecule has 0 unspecified atom stereocenters. The third kappa shape index (κ3) is 2.36. The second-order valence-corrected chi connectivity index (χ2v) is 3.55. The molecule has 0 saturated carbocycles. The Morgan fingerprint density at radius 2 is 1.79 bits per heavy atom. The predicted octanol–water partition coefficient (Wildman–Crippen LogP) is 2.45. The lowest BCUT2D eigenvalue weighted by Gasteiger charge is -2.24. The summed E-state index contributed by atoms with van der Waals surface area (Å²) < 4.78 is 0. The number of nitrogens with one attached hydrogen (secondary N) is 2. The van der Waals surface area contributed by atoms with E-state index >= 15 is 0 Å². The van der Waals surface area contributed by atoms with E-state index in [2.05, 4.69) is 36.7 Å². The Morgan fingerprint density at radius 1 is 1.14 bits per heavy atom. The number of hydrazine groups is 1. The molecule has 0 aromatic carbocycles. The van der Waals surface area contributed by atoms with Gasteiger partial charge >= 0.3 is 0 Å². The van der Waals surface area contributed by atoms with Crippen molar-refractivity contribution >= 4 is 0 Å². The van der Waals surface area contributed by atoms with Crippen molar-refractivity contribution in [3.8, 4) is 0 Å². The fourth-order valence-corrected chi connectivity index (χ4v) is 1.69. The maximum atomic E-state index is 3.77. The largest absolute Gasteiger partial charge is 0.325 e. The van der Waals surface area contributed by atoms with Crippen LogP contribution in [-0.2, 0) is 0 Å². The van der Waals surface area contributed by atoms with Gasteiger partial charge < -0.3 is 5.43 Å². The molecular weight excluding hydrogens is 172 g/mol. The molecule has 0 amide bonds. The zero-order valence-electron chi connectivity index (χ0n) is 8.55. The smallest absolute Gasteiger partial charge is 0.0638 e. The molecule has 2 heteroatoms. The molecule has 1 aliphatic rings. The minimum atomic E-state index is -0.0398. The molecule has 1 heterocycles. The van der Waals surface area contributed by atoms with E-state index in [1.165, 1.54) is 5.70 Å². The molecule has 14 heavy (non-hydrogen) atoms. The van der Waals surface area contributed by atoms with Crippen LogP contribution in [0.3, 0.4) is 0 Å². The maximum absolute atomic E-state index is 3.77. The Bertz CT molecular complexity index is 253. The van der Waals surface area contributed by atoms with Crippen molar-refractivity contribution in [1.82, 2.24) is 10.9 Å². The summed E-state index contributed by atoms with van der Waals surface area (Å²) in [6.45, 7) is 11.3. The van der Waals surface area contributed by atoms with Gasteiger partial charge in [-0.25, -0.2) is 5.43 Å². The van der Waals surface area contributed by atoms with Gasteiger partial charge in [0.05, 0.1) is 5.54 Å². The van der Waals surface area contributed by atoms with Crippen LogP contribution < -0.4 is 10.9 Å². The first-order chi connectivity index (χ1) is 6.76. The summed E-state index contributed by atoms with van der Waals surface area (Å²) in [4.78, 5) is 0. The average molecular weight is 190 g/mol. The lowest BCUT2D eigenvalue weighted by Crippen LogP contribution is -2.44. The van der Waals surface area contributed by atoms with Gasteiger partial charge in [-0.1, -0.05) is 18.2 Å². The van der Waals surface area contributed by atoms with Gasteiger partial charge in [-0.15, -0.1) is 19.7 Å². The first-order valence-electron chi connectivity index (χ1n) is 4.84. The molecular formula is C12H18N2. The quantitative estimate of drug-likeness (QED) is 0.629. The van der Waals surface area contributed by atoms with Crippen LogP contribution in [0.1, 0.15) is 19.3 Å². The Kier molecular flexibility index (Phi) is 3.72. The molecule has 76 valence electrons. The van der Waals surface area contributed by atoms with E-state index in [0.717, 1.165) is 19.3 Å². The Labute approximate surface area is 86.1 Å². The zero-order valence-corrected chi connectivity index (χ0v) is 8.55. The summed E-state index contributed by atoms with van der Waals surface area (Å²) in [5.41, 5.74) is 7.57. The van der Waals surface area contributed by atoms with E-state index in [9.17, 15) is 0 Å². The number of hydrogen-bond donors (Lipinski definition) is 2. The van der Waals surface area contributed by atoms with Gasteiger partial charge in [0.2, 0.25) is 0 Å². The molecule has 0 spiro atoms. The highest BCUT2D eigenvalue weighted by Crippen LogP contribution is 2.24. The van der Waals surface area contributed by atoms with Crippen LogP contribution in [0, 0.1) is 0 Å². The molecule has 2 N–H and O–H groups in total. The van der Waals surface area contributed by atoms with E-state index in [-0.39, 0.29) is 5.54 Å². The van der Waals surface area contributed by atoms with Gasteiger partial charge in [-0.2, -0.15) is 0 Å². The van der Waals surface area contributed by atoms with E-state index in [0.29, 0.717) is 0 Å². The first kappa shape index (κ1) is 10.8. The Balaban J connectivity index is 2.74. The van der Waals surface area contributed by atoms with Crippen molar-refractivity contribution in [3.05, 3.63) is 49.7 Å². The molecule has 1 rings (SSSR count). The third-order valence-electron chi connectivity index (χ3n) is 2.30. The molecule has 2 nitrogen and oxygen atoms in total. The summed E-state index contributed by atoms with van der Waals surface area (Å²) in [7, 11) is 0. The SMILES string of the molecule is C=CCC1=CC(CC=C)(CC=C)NN1. The van der Waals surface area contributed by atoms with E-state index in [1.54, 1.807) is 0 Å². The van der Waals surface area contributed by atoms with Crippen LogP contribution in [0.5, 0.6) is 0 Å². The lowest BCUT2D eigenvalue weighted by molar-refractivity contribution is 0.405. The van der Waals surface area contributed by atoms with Gasteiger partial charge in [-0.05, 0) is 18.9 Å². The molecule has 0 bridgehead atoms. The van der Waals surface area contributed by atoms with E-state index in [1.807, 2.05) is 18.2 Å². The van der Waals surface area contributed by atoms with Gasteiger partial charge in [0.1, 0.15) is 0 Å². The highest BCUT2D eigenvalue weighted by Gasteiger charge is 2.29. The summed E-state index contributed by atoms with van der Waals surface area (Å²) in [6, 6.07) is 0. The molecule has 1 aliphatic heterocycles. The van der Waals surface area contributed by atoms with Gasteiger partial charge in [0.15, 0.2) is 0 Å². The molecule has 0 fully saturated rings. The lowest BCUT2D eigenvalue weighted by atomic mass is 9.91. The Morgan fingerprint density at radius 3 is 2.29 bits per heavy atom. The third-order valence-corrected chi connectivity index (χ3v) is 2.30. The fraction of sp³-hybridized carbons (Fsp3) is 0.333. The van der Waals surface area contributed by atoms with Gasteiger partial charge in [-0.3, -0.25) is 0 Å². The van der Waals surface area contributed by atoms with Crippen LogP contribution in [0.15, 0.2) is 49.7 Å². The molecule has 0 aromatic heterocycles. The number of hydrogen-bond acceptors (Lipinski definition) is 2. The Hall–Kier alpha value is -1.28. The van der Waals surface area contributed by atoms with E-state index < -0.39 is 0 Å². The average Bonchev–Trinajstić information content (AvgIpc) is 2.51. The predicted molar refractivity (Wildman–Crippen MR) is 61.5 cm³/mol. The molecule has 0 aliphatic carbocycles. The van der Waals surface area contributed by atoms with Gasteiger partial charge in [0.25, 0.3) is 0 Å². The maximum Gasteiger partial charge on any atom is 0.0638 e. The standard InChI is InChI=1S/C12H18N2/c1-4-7-11-10-12(8-5-2,9-6-3)14-13-11/h4-6,10,13-14H,1-3,7-9H2. The van der Waals surface area contributed by atoms with Crippen molar-refractivity contribution in [2.75, 3.05) is 0 Å². The van der Waals surface area contributed by atoms with Crippen molar-refractivity contribution in [3.63, 3.8) is 0 Å². The molecule has 0 radical (unpaired) electrons. The van der Waals surface area contributed by atoms with Crippen LogP contribution in [0.2, 0.25) is 0 Å². The second kappa shape index (κ2) is 4.82. The van der Waals surface area contributed by atoms with Crippen LogP contribution in [0.25, 0.3) is 0 Å². The molecule has 0 saturated heterocycles. The van der Waals surface area contributed by atoms with Crippen molar-refractivity contribution in [2.24, 2.45) is 0 Å². The minimum absolute atomic E-state index is 0.0398. The van der Waals surface area contributed by atoms with Crippen LogP contribution in [-0.4, -0.2) is 5.54 Å². The second-order valence-electron chi connectivity index (χ2n) is 3.55. The van der Waals surface area contributed by atoms with E-state index in [4.69, 9.17) is 0 Å². The normalized spacial score (nSPS) is 18.1. The van der Waals surface area contributed by atoms with Crippen molar-refractivity contribution in [1.29, 1.82) is 0 Å².